The number of thiazole rings is 1. The van der Waals surface area contributed by atoms with Crippen LogP contribution < -0.4 is 5.32 Å². The van der Waals surface area contributed by atoms with E-state index in [1.165, 1.54) is 23.5 Å². The van der Waals surface area contributed by atoms with Crippen LogP contribution >= 0.6 is 11.3 Å². The van der Waals surface area contributed by atoms with Crippen LogP contribution in [0.4, 0.5) is 10.3 Å². The molecular formula is C21H22FN5OS. The van der Waals surface area contributed by atoms with Gasteiger partial charge in [-0.2, -0.15) is 0 Å². The van der Waals surface area contributed by atoms with Gasteiger partial charge in [-0.05, 0) is 37.5 Å². The van der Waals surface area contributed by atoms with Gasteiger partial charge in [-0.15, -0.1) is 11.3 Å². The quantitative estimate of drug-likeness (QED) is 0.592. The Morgan fingerprint density at radius 2 is 2.07 bits per heavy atom. The largest absolute Gasteiger partial charge is 0.354 e. The van der Waals surface area contributed by atoms with E-state index >= 15 is 0 Å². The van der Waals surface area contributed by atoms with Crippen LogP contribution in [0, 0.1) is 12.7 Å². The van der Waals surface area contributed by atoms with Crippen LogP contribution in [-0.2, 0) is 4.79 Å². The number of hydrogen-bond donors (Lipinski definition) is 1. The van der Waals surface area contributed by atoms with E-state index < -0.39 is 0 Å². The molecule has 1 aromatic carbocycles. The first kappa shape index (κ1) is 19.4. The molecule has 1 aliphatic rings. The van der Waals surface area contributed by atoms with Gasteiger partial charge in [0.25, 0.3) is 0 Å². The van der Waals surface area contributed by atoms with Crippen molar-refractivity contribution >= 4 is 23.2 Å². The molecule has 0 bridgehead atoms. The van der Waals surface area contributed by atoms with Crippen LogP contribution in [0.5, 0.6) is 0 Å². The number of benzene rings is 1. The summed E-state index contributed by atoms with van der Waals surface area (Å²) in [7, 11) is 0. The maximum absolute atomic E-state index is 13.3. The molecule has 0 radical (unpaired) electrons. The van der Waals surface area contributed by atoms with Gasteiger partial charge in [0.2, 0.25) is 11.9 Å². The zero-order chi connectivity index (χ0) is 20.2. The number of nitrogens with one attached hydrogen (secondary N) is 1. The van der Waals surface area contributed by atoms with Crippen LogP contribution in [-0.4, -0.2) is 45.4 Å². The lowest BCUT2D eigenvalue weighted by Gasteiger charge is -2.15. The van der Waals surface area contributed by atoms with Gasteiger partial charge >= 0.3 is 0 Å². The summed E-state index contributed by atoms with van der Waals surface area (Å²) in [5.74, 6) is 0.499. The van der Waals surface area contributed by atoms with E-state index in [-0.39, 0.29) is 11.7 Å². The molecular weight excluding hydrogens is 389 g/mol. The highest BCUT2D eigenvalue weighted by molar-refractivity contribution is 7.13. The first-order valence-electron chi connectivity index (χ1n) is 9.67. The number of amides is 1. The lowest BCUT2D eigenvalue weighted by Crippen LogP contribution is -2.27. The van der Waals surface area contributed by atoms with Gasteiger partial charge in [-0.3, -0.25) is 4.79 Å². The molecule has 0 saturated carbocycles. The fourth-order valence-corrected chi connectivity index (χ4v) is 4.23. The van der Waals surface area contributed by atoms with Crippen molar-refractivity contribution < 1.29 is 9.18 Å². The Hall–Kier alpha value is -2.87. The van der Waals surface area contributed by atoms with Crippen molar-refractivity contribution in [3.05, 3.63) is 47.5 Å². The molecule has 150 valence electrons. The second-order valence-corrected chi connectivity index (χ2v) is 7.85. The number of aromatic nitrogens is 3. The summed E-state index contributed by atoms with van der Waals surface area (Å²) in [5, 5.41) is 3.26. The fraction of sp³-hybridized carbons (Fsp3) is 0.333. The smallest absolute Gasteiger partial charge is 0.223 e. The number of nitrogens with zero attached hydrogens (tertiary/aromatic N) is 4. The van der Waals surface area contributed by atoms with E-state index in [0.29, 0.717) is 18.9 Å². The van der Waals surface area contributed by atoms with E-state index in [1.807, 2.05) is 11.8 Å². The number of anilines is 1. The van der Waals surface area contributed by atoms with Gasteiger partial charge in [-0.1, -0.05) is 12.1 Å². The molecule has 0 aliphatic carbocycles. The van der Waals surface area contributed by atoms with E-state index in [1.54, 1.807) is 23.8 Å². The summed E-state index contributed by atoms with van der Waals surface area (Å²) in [4.78, 5) is 28.1. The maximum atomic E-state index is 13.3. The second kappa shape index (κ2) is 8.65. The van der Waals surface area contributed by atoms with Crippen molar-refractivity contribution in [1.82, 2.24) is 19.9 Å². The SMILES string of the molecule is Cc1ncsc1-c1nc(NCCCN2CCCC2=O)ncc1-c1ccc(F)cc1. The topological polar surface area (TPSA) is 71.0 Å². The van der Waals surface area contributed by atoms with Crippen molar-refractivity contribution in [1.29, 1.82) is 0 Å². The Kier molecular flexibility index (Phi) is 5.80. The summed E-state index contributed by atoms with van der Waals surface area (Å²) in [5.41, 5.74) is 5.17. The van der Waals surface area contributed by atoms with Gasteiger partial charge in [0, 0.05) is 37.8 Å². The number of hydrogen-bond acceptors (Lipinski definition) is 6. The first-order chi connectivity index (χ1) is 14.1. The Morgan fingerprint density at radius 3 is 2.76 bits per heavy atom. The van der Waals surface area contributed by atoms with Gasteiger partial charge in [0.05, 0.1) is 21.8 Å². The Balaban J connectivity index is 1.52. The molecule has 2 aromatic heterocycles. The third-order valence-corrected chi connectivity index (χ3v) is 5.90. The van der Waals surface area contributed by atoms with Crippen molar-refractivity contribution in [3.63, 3.8) is 0 Å². The molecule has 0 atom stereocenters. The standard InChI is InChI=1S/C21H22FN5OS/c1-14-20(29-13-25-14)19-17(15-5-7-16(22)8-6-15)12-24-21(26-19)23-9-3-11-27-10-2-4-18(27)28/h5-8,12-13H,2-4,9-11H2,1H3,(H,23,24,26). The lowest BCUT2D eigenvalue weighted by atomic mass is 10.0. The van der Waals surface area contributed by atoms with Gasteiger partial charge < -0.3 is 10.2 Å². The van der Waals surface area contributed by atoms with Crippen molar-refractivity contribution in [2.24, 2.45) is 0 Å². The molecule has 3 aromatic rings. The number of carbonyl (C=O) groups is 1. The van der Waals surface area contributed by atoms with Crippen molar-refractivity contribution in [3.8, 4) is 21.7 Å². The predicted molar refractivity (Wildman–Crippen MR) is 112 cm³/mol. The minimum atomic E-state index is -0.278. The van der Waals surface area contributed by atoms with E-state index in [2.05, 4.69) is 15.3 Å². The average molecular weight is 412 g/mol. The molecule has 3 heterocycles. The molecule has 29 heavy (non-hydrogen) atoms. The predicted octanol–water partition coefficient (Wildman–Crippen LogP) is 4.14. The third kappa shape index (κ3) is 4.42. The minimum Gasteiger partial charge on any atom is -0.354 e. The highest BCUT2D eigenvalue weighted by Gasteiger charge is 2.19. The Bertz CT molecular complexity index is 1000. The van der Waals surface area contributed by atoms with E-state index in [0.717, 1.165) is 53.3 Å². The van der Waals surface area contributed by atoms with Crippen LogP contribution in [0.2, 0.25) is 0 Å². The molecule has 0 unspecified atom stereocenters. The monoisotopic (exact) mass is 411 g/mol. The number of aryl methyl sites for hydroxylation is 1. The minimum absolute atomic E-state index is 0.243. The third-order valence-electron chi connectivity index (χ3n) is 4.96. The number of likely N-dealkylation sites (tertiary alicyclic amines) is 1. The first-order valence-corrected chi connectivity index (χ1v) is 10.5. The molecule has 1 aliphatic heterocycles. The maximum Gasteiger partial charge on any atom is 0.223 e. The summed E-state index contributed by atoms with van der Waals surface area (Å²) in [6.07, 6.45) is 4.22. The molecule has 1 fully saturated rings. The fourth-order valence-electron chi connectivity index (χ4n) is 3.42. The van der Waals surface area contributed by atoms with Crippen molar-refractivity contribution in [2.75, 3.05) is 25.0 Å². The van der Waals surface area contributed by atoms with Crippen LogP contribution in [0.3, 0.4) is 0 Å². The van der Waals surface area contributed by atoms with E-state index in [4.69, 9.17) is 4.98 Å². The number of carbonyl (C=O) groups excluding carboxylic acids is 1. The number of halogens is 1. The summed E-state index contributed by atoms with van der Waals surface area (Å²) in [6.45, 7) is 4.24. The molecule has 1 N–H and O–H groups in total. The number of rotatable bonds is 7. The summed E-state index contributed by atoms with van der Waals surface area (Å²) in [6, 6.07) is 6.33. The average Bonchev–Trinajstić information content (AvgIpc) is 3.34. The van der Waals surface area contributed by atoms with Crippen molar-refractivity contribution in [2.45, 2.75) is 26.2 Å². The highest BCUT2D eigenvalue weighted by Crippen LogP contribution is 2.34. The molecule has 6 nitrogen and oxygen atoms in total. The molecule has 1 amide bonds. The van der Waals surface area contributed by atoms with Crippen LogP contribution in [0.15, 0.2) is 36.0 Å². The molecule has 4 rings (SSSR count). The molecule has 0 spiro atoms. The normalized spacial score (nSPS) is 13.9. The van der Waals surface area contributed by atoms with Crippen LogP contribution in [0.25, 0.3) is 21.7 Å². The Labute approximate surface area is 172 Å². The zero-order valence-corrected chi connectivity index (χ0v) is 17.0. The van der Waals surface area contributed by atoms with Gasteiger partial charge in [0.15, 0.2) is 0 Å². The molecule has 1 saturated heterocycles. The Morgan fingerprint density at radius 1 is 1.24 bits per heavy atom. The molecule has 8 heteroatoms. The van der Waals surface area contributed by atoms with Crippen LogP contribution in [0.1, 0.15) is 25.0 Å². The zero-order valence-electron chi connectivity index (χ0n) is 16.2. The van der Waals surface area contributed by atoms with Gasteiger partial charge in [-0.25, -0.2) is 19.3 Å². The highest BCUT2D eigenvalue weighted by atomic mass is 32.1. The summed E-state index contributed by atoms with van der Waals surface area (Å²) < 4.78 is 13.3. The summed E-state index contributed by atoms with van der Waals surface area (Å²) >= 11 is 1.52. The lowest BCUT2D eigenvalue weighted by molar-refractivity contribution is -0.127. The second-order valence-electron chi connectivity index (χ2n) is 6.99. The van der Waals surface area contributed by atoms with E-state index in [9.17, 15) is 9.18 Å². The van der Waals surface area contributed by atoms with Gasteiger partial charge in [0.1, 0.15) is 5.82 Å².